The zero-order valence-corrected chi connectivity index (χ0v) is 18.2. The molecular weight excluding hydrogens is 420 g/mol. The van der Waals surface area contributed by atoms with Crippen molar-refractivity contribution in [2.24, 2.45) is 0 Å². The van der Waals surface area contributed by atoms with Crippen molar-refractivity contribution in [1.82, 2.24) is 25.6 Å². The summed E-state index contributed by atoms with van der Waals surface area (Å²) in [5.41, 5.74) is 3.92. The summed E-state index contributed by atoms with van der Waals surface area (Å²) in [6.45, 7) is 1.34. The van der Waals surface area contributed by atoms with Gasteiger partial charge < -0.3 is 19.1 Å². The van der Waals surface area contributed by atoms with Gasteiger partial charge in [-0.2, -0.15) is 5.21 Å². The van der Waals surface area contributed by atoms with Crippen LogP contribution in [-0.2, 0) is 11.3 Å². The van der Waals surface area contributed by atoms with Gasteiger partial charge >= 0.3 is 0 Å². The van der Waals surface area contributed by atoms with Crippen LogP contribution in [0.5, 0.6) is 11.5 Å². The molecule has 0 radical (unpaired) electrons. The molecule has 1 atom stereocenters. The monoisotopic (exact) mass is 444 g/mol. The summed E-state index contributed by atoms with van der Waals surface area (Å²) in [5, 5.41) is 14.2. The first kappa shape index (κ1) is 20.9. The van der Waals surface area contributed by atoms with Crippen molar-refractivity contribution >= 4 is 11.4 Å². The highest BCUT2D eigenvalue weighted by molar-refractivity contribution is 5.69. The molecule has 0 spiro atoms. The van der Waals surface area contributed by atoms with Crippen LogP contribution in [-0.4, -0.2) is 45.6 Å². The van der Waals surface area contributed by atoms with Gasteiger partial charge in [-0.15, -0.1) is 10.2 Å². The van der Waals surface area contributed by atoms with Gasteiger partial charge in [-0.1, -0.05) is 6.07 Å². The molecule has 1 unspecified atom stereocenters. The largest absolute Gasteiger partial charge is 0.493 e. The Morgan fingerprint density at radius 1 is 1.09 bits per heavy atom. The number of methoxy groups -OCH3 is 1. The number of anilines is 2. The molecule has 1 fully saturated rings. The van der Waals surface area contributed by atoms with E-state index in [9.17, 15) is 0 Å². The Morgan fingerprint density at radius 2 is 1.97 bits per heavy atom. The number of aromatic nitrogens is 5. The van der Waals surface area contributed by atoms with Crippen LogP contribution in [0.2, 0.25) is 0 Å². The highest BCUT2D eigenvalue weighted by atomic mass is 16.7. The van der Waals surface area contributed by atoms with Gasteiger partial charge in [-0.3, -0.25) is 4.98 Å². The van der Waals surface area contributed by atoms with Gasteiger partial charge in [0.05, 0.1) is 13.7 Å². The topological polar surface area (TPSA) is 98.3 Å². The first-order valence-corrected chi connectivity index (χ1v) is 10.8. The smallest absolute Gasteiger partial charge is 0.204 e. The summed E-state index contributed by atoms with van der Waals surface area (Å²) >= 11 is 0. The van der Waals surface area contributed by atoms with Gasteiger partial charge in [0, 0.05) is 48.4 Å². The number of nitrogens with zero attached hydrogens (tertiary/aromatic N) is 5. The van der Waals surface area contributed by atoms with Gasteiger partial charge in [0.1, 0.15) is 0 Å². The summed E-state index contributed by atoms with van der Waals surface area (Å²) in [6.07, 6.45) is 5.24. The maximum atomic E-state index is 6.13. The molecule has 1 saturated heterocycles. The molecule has 9 heteroatoms. The minimum Gasteiger partial charge on any atom is -0.493 e. The number of H-pyrrole nitrogens is 1. The third-order valence-electron chi connectivity index (χ3n) is 5.45. The normalized spacial score (nSPS) is 15.4. The maximum Gasteiger partial charge on any atom is 0.204 e. The van der Waals surface area contributed by atoms with E-state index >= 15 is 0 Å². The summed E-state index contributed by atoms with van der Waals surface area (Å²) in [7, 11) is 1.64. The number of hydrogen-bond donors (Lipinski definition) is 1. The predicted octanol–water partition coefficient (Wildman–Crippen LogP) is 4.12. The molecule has 33 heavy (non-hydrogen) atoms. The molecule has 0 aliphatic carbocycles. The third-order valence-corrected chi connectivity index (χ3v) is 5.45. The van der Waals surface area contributed by atoms with E-state index in [1.807, 2.05) is 54.7 Å². The molecule has 9 nitrogen and oxygen atoms in total. The van der Waals surface area contributed by atoms with E-state index in [1.165, 1.54) is 0 Å². The second-order valence-corrected chi connectivity index (χ2v) is 7.63. The SMILES string of the molecule is COc1ccc(N(Cc2cccnc2)c2ccc(-c3nn[nH]n3)cc2)cc1OC1CCCO1. The molecule has 1 aliphatic rings. The highest BCUT2D eigenvalue weighted by Crippen LogP contribution is 2.37. The van der Waals surface area contributed by atoms with E-state index in [1.54, 1.807) is 13.3 Å². The molecule has 5 rings (SSSR count). The van der Waals surface area contributed by atoms with Crippen molar-refractivity contribution in [1.29, 1.82) is 0 Å². The minimum absolute atomic E-state index is 0.254. The first-order chi connectivity index (χ1) is 16.3. The standard InChI is InChI=1S/C24H24N6O3/c1-31-21-11-10-20(14-22(21)33-23-5-3-13-32-23)30(16-17-4-2-12-25-15-17)19-8-6-18(7-9-19)24-26-28-29-27-24/h2,4,6-12,14-15,23H,3,5,13,16H2,1H3,(H,26,27,28,29). The molecule has 2 aromatic heterocycles. The first-order valence-electron chi connectivity index (χ1n) is 10.8. The molecule has 0 bridgehead atoms. The lowest BCUT2D eigenvalue weighted by Gasteiger charge is -2.26. The van der Waals surface area contributed by atoms with E-state index in [0.717, 1.165) is 35.3 Å². The number of rotatable bonds is 8. The lowest BCUT2D eigenvalue weighted by molar-refractivity contribution is -0.0402. The Kier molecular flexibility index (Phi) is 6.12. The highest BCUT2D eigenvalue weighted by Gasteiger charge is 2.21. The van der Waals surface area contributed by atoms with Crippen molar-refractivity contribution in [2.75, 3.05) is 18.6 Å². The average Bonchev–Trinajstić information content (AvgIpc) is 3.58. The fourth-order valence-electron chi connectivity index (χ4n) is 3.79. The Hall–Kier alpha value is -3.98. The van der Waals surface area contributed by atoms with Crippen molar-refractivity contribution in [2.45, 2.75) is 25.7 Å². The van der Waals surface area contributed by atoms with Crippen molar-refractivity contribution in [3.8, 4) is 22.9 Å². The van der Waals surface area contributed by atoms with Crippen LogP contribution in [0.4, 0.5) is 11.4 Å². The Balaban J connectivity index is 1.50. The molecule has 1 aliphatic heterocycles. The van der Waals surface area contributed by atoms with Crippen LogP contribution in [0, 0.1) is 0 Å². The Bertz CT molecular complexity index is 1160. The van der Waals surface area contributed by atoms with Crippen LogP contribution in [0.3, 0.4) is 0 Å². The van der Waals surface area contributed by atoms with Gasteiger partial charge in [0.25, 0.3) is 0 Å². The van der Waals surface area contributed by atoms with E-state index in [0.29, 0.717) is 30.5 Å². The fraction of sp³-hybridized carbons (Fsp3) is 0.250. The third kappa shape index (κ3) is 4.78. The predicted molar refractivity (Wildman–Crippen MR) is 122 cm³/mol. The van der Waals surface area contributed by atoms with E-state index < -0.39 is 0 Å². The van der Waals surface area contributed by atoms with Gasteiger partial charge in [0.2, 0.25) is 5.82 Å². The number of ether oxygens (including phenoxy) is 3. The van der Waals surface area contributed by atoms with Crippen LogP contribution in [0.15, 0.2) is 67.0 Å². The zero-order valence-electron chi connectivity index (χ0n) is 18.2. The van der Waals surface area contributed by atoms with E-state index in [4.69, 9.17) is 14.2 Å². The van der Waals surface area contributed by atoms with Gasteiger partial charge in [-0.25, -0.2) is 0 Å². The molecule has 4 aromatic rings. The number of nitrogens with one attached hydrogen (secondary N) is 1. The molecule has 168 valence electrons. The van der Waals surface area contributed by atoms with Crippen LogP contribution in [0.1, 0.15) is 18.4 Å². The second kappa shape index (κ2) is 9.66. The van der Waals surface area contributed by atoms with Crippen LogP contribution in [0.25, 0.3) is 11.4 Å². The molecule has 0 saturated carbocycles. The Labute approximate surface area is 191 Å². The lowest BCUT2D eigenvalue weighted by atomic mass is 10.1. The lowest BCUT2D eigenvalue weighted by Crippen LogP contribution is -2.18. The fourth-order valence-corrected chi connectivity index (χ4v) is 3.79. The Morgan fingerprint density at radius 3 is 2.67 bits per heavy atom. The summed E-state index contributed by atoms with van der Waals surface area (Å²) in [5.74, 6) is 1.88. The van der Waals surface area contributed by atoms with Crippen LogP contribution < -0.4 is 14.4 Å². The minimum atomic E-state index is -0.254. The zero-order chi connectivity index (χ0) is 22.5. The van der Waals surface area contributed by atoms with Gasteiger partial charge in [-0.05, 0) is 59.7 Å². The van der Waals surface area contributed by atoms with Crippen molar-refractivity contribution < 1.29 is 14.2 Å². The molecule has 0 amide bonds. The molecule has 1 N–H and O–H groups in total. The van der Waals surface area contributed by atoms with E-state index in [-0.39, 0.29) is 6.29 Å². The average molecular weight is 444 g/mol. The van der Waals surface area contributed by atoms with E-state index in [2.05, 4.69) is 36.6 Å². The number of benzene rings is 2. The number of hydrogen-bond acceptors (Lipinski definition) is 8. The van der Waals surface area contributed by atoms with Crippen molar-refractivity contribution in [3.63, 3.8) is 0 Å². The number of pyridine rings is 1. The maximum absolute atomic E-state index is 6.13. The summed E-state index contributed by atoms with van der Waals surface area (Å²) in [6, 6.07) is 17.9. The number of aromatic amines is 1. The van der Waals surface area contributed by atoms with Crippen LogP contribution >= 0.6 is 0 Å². The summed E-state index contributed by atoms with van der Waals surface area (Å²) in [4.78, 5) is 6.46. The van der Waals surface area contributed by atoms with Gasteiger partial charge in [0.15, 0.2) is 17.8 Å². The number of tetrazole rings is 1. The molecular formula is C24H24N6O3. The second-order valence-electron chi connectivity index (χ2n) is 7.63. The molecule has 2 aromatic carbocycles. The van der Waals surface area contributed by atoms with Crippen molar-refractivity contribution in [3.05, 3.63) is 72.6 Å². The summed E-state index contributed by atoms with van der Waals surface area (Å²) < 4.78 is 17.3. The molecule has 3 heterocycles. The quantitative estimate of drug-likeness (QED) is 0.433.